The highest BCUT2D eigenvalue weighted by Gasteiger charge is 2.46. The van der Waals surface area contributed by atoms with Gasteiger partial charge in [0.15, 0.2) is 0 Å². The number of carbonyl (C=O) groups excluding carboxylic acids is 2. The number of nitrogens with one attached hydrogen (secondary N) is 1. The summed E-state index contributed by atoms with van der Waals surface area (Å²) >= 11 is 0. The third-order valence-corrected chi connectivity index (χ3v) is 4.66. The minimum absolute atomic E-state index is 0.141. The van der Waals surface area contributed by atoms with Gasteiger partial charge in [-0.3, -0.25) is 0 Å². The van der Waals surface area contributed by atoms with Crippen LogP contribution in [0.5, 0.6) is 0 Å². The fourth-order valence-electron chi connectivity index (χ4n) is 1.96. The summed E-state index contributed by atoms with van der Waals surface area (Å²) in [5.41, 5.74) is -5.91. The standard InChI is InChI=1S/C16H20F3NO6S/c1-15(2,3)26-14(22)20-12(13(21)25-4)9-10-5-7-11(8-6-10)27(23,24)16(17,18)19/h5-8,12H,9H2,1-4H3,(H,20,22). The Hall–Kier alpha value is -2.30. The molecule has 0 fully saturated rings. The molecule has 0 aliphatic heterocycles. The second-order valence-corrected chi connectivity index (χ2v) is 8.46. The molecule has 0 aromatic heterocycles. The molecule has 0 saturated carbocycles. The van der Waals surface area contributed by atoms with Gasteiger partial charge in [-0.2, -0.15) is 13.2 Å². The average molecular weight is 411 g/mol. The van der Waals surface area contributed by atoms with E-state index in [1.807, 2.05) is 0 Å². The molecular weight excluding hydrogens is 391 g/mol. The largest absolute Gasteiger partial charge is 0.501 e. The molecule has 0 heterocycles. The molecule has 0 aliphatic carbocycles. The number of amides is 1. The van der Waals surface area contributed by atoms with Gasteiger partial charge in [0.2, 0.25) is 0 Å². The Bertz CT molecular complexity index is 782. The van der Waals surface area contributed by atoms with E-state index in [1.54, 1.807) is 20.8 Å². The minimum atomic E-state index is -5.46. The number of methoxy groups -OCH3 is 1. The van der Waals surface area contributed by atoms with Crippen molar-refractivity contribution in [2.24, 2.45) is 0 Å². The first-order valence-electron chi connectivity index (χ1n) is 7.65. The van der Waals surface area contributed by atoms with Gasteiger partial charge in [0, 0.05) is 6.42 Å². The summed E-state index contributed by atoms with van der Waals surface area (Å²) in [6, 6.07) is 2.62. The van der Waals surface area contributed by atoms with Gasteiger partial charge in [-0.1, -0.05) is 12.1 Å². The van der Waals surface area contributed by atoms with Gasteiger partial charge in [0.1, 0.15) is 11.6 Å². The summed E-state index contributed by atoms with van der Waals surface area (Å²) in [4.78, 5) is 22.7. The van der Waals surface area contributed by atoms with E-state index < -0.39 is 43.9 Å². The maximum Gasteiger partial charge on any atom is 0.501 e. The van der Waals surface area contributed by atoms with Crippen molar-refractivity contribution in [2.75, 3.05) is 7.11 Å². The molecule has 7 nitrogen and oxygen atoms in total. The van der Waals surface area contributed by atoms with E-state index >= 15 is 0 Å². The van der Waals surface area contributed by atoms with Crippen LogP contribution in [0.15, 0.2) is 29.2 Å². The molecule has 0 spiro atoms. The van der Waals surface area contributed by atoms with Crippen LogP contribution in [0, 0.1) is 0 Å². The Labute approximate surface area is 154 Å². The summed E-state index contributed by atoms with van der Waals surface area (Å²) in [7, 11) is -4.36. The molecule has 1 atom stereocenters. The molecule has 27 heavy (non-hydrogen) atoms. The highest BCUT2D eigenvalue weighted by atomic mass is 32.2. The summed E-state index contributed by atoms with van der Waals surface area (Å²) < 4.78 is 70.0. The monoisotopic (exact) mass is 411 g/mol. The highest BCUT2D eigenvalue weighted by Crippen LogP contribution is 2.30. The van der Waals surface area contributed by atoms with E-state index in [0.29, 0.717) is 5.56 Å². The van der Waals surface area contributed by atoms with Crippen LogP contribution in [0.1, 0.15) is 26.3 Å². The SMILES string of the molecule is COC(=O)C(Cc1ccc(S(=O)(=O)C(F)(F)F)cc1)NC(=O)OC(C)(C)C. The van der Waals surface area contributed by atoms with Crippen LogP contribution in [0.2, 0.25) is 0 Å². The first-order chi connectivity index (χ1) is 12.2. The molecule has 152 valence electrons. The normalized spacial score (nSPS) is 13.6. The number of benzene rings is 1. The van der Waals surface area contributed by atoms with Crippen LogP contribution in [-0.4, -0.2) is 44.7 Å². The zero-order chi connectivity index (χ0) is 21.0. The number of halogens is 3. The summed E-state index contributed by atoms with van der Waals surface area (Å²) in [5.74, 6) is -0.798. The molecular formula is C16H20F3NO6S. The number of alkyl halides is 3. The summed E-state index contributed by atoms with van der Waals surface area (Å²) in [6.45, 7) is 4.87. The smallest absolute Gasteiger partial charge is 0.467 e. The van der Waals surface area contributed by atoms with Gasteiger partial charge >= 0.3 is 17.6 Å². The van der Waals surface area contributed by atoms with Crippen LogP contribution in [0.3, 0.4) is 0 Å². The van der Waals surface area contributed by atoms with Crippen molar-refractivity contribution in [1.82, 2.24) is 5.32 Å². The van der Waals surface area contributed by atoms with Crippen molar-refractivity contribution in [3.63, 3.8) is 0 Å². The average Bonchev–Trinajstić information content (AvgIpc) is 2.51. The van der Waals surface area contributed by atoms with Crippen LogP contribution in [0.4, 0.5) is 18.0 Å². The zero-order valence-corrected chi connectivity index (χ0v) is 15.9. The number of carbonyl (C=O) groups is 2. The van der Waals surface area contributed by atoms with Crippen LogP contribution in [-0.2, 0) is 30.5 Å². The molecule has 11 heteroatoms. The second-order valence-electron chi connectivity index (χ2n) is 6.52. The van der Waals surface area contributed by atoms with Gasteiger partial charge in [-0.25, -0.2) is 18.0 Å². The van der Waals surface area contributed by atoms with E-state index in [1.165, 1.54) is 0 Å². The fourth-order valence-corrected chi connectivity index (χ4v) is 2.72. The molecule has 1 amide bonds. The molecule has 0 bridgehead atoms. The molecule has 1 aromatic rings. The zero-order valence-electron chi connectivity index (χ0n) is 15.1. The van der Waals surface area contributed by atoms with Gasteiger partial charge in [0.05, 0.1) is 12.0 Å². The second kappa shape index (κ2) is 8.15. The Morgan fingerprint density at radius 3 is 2.04 bits per heavy atom. The molecule has 1 rings (SSSR count). The van der Waals surface area contributed by atoms with Crippen LogP contribution >= 0.6 is 0 Å². The van der Waals surface area contributed by atoms with E-state index in [2.05, 4.69) is 10.1 Å². The van der Waals surface area contributed by atoms with Gasteiger partial charge < -0.3 is 14.8 Å². The molecule has 1 unspecified atom stereocenters. The fraction of sp³-hybridized carbons (Fsp3) is 0.500. The Morgan fingerprint density at radius 1 is 1.11 bits per heavy atom. The molecule has 0 aliphatic rings. The lowest BCUT2D eigenvalue weighted by Gasteiger charge is -2.22. The van der Waals surface area contributed by atoms with Gasteiger partial charge in [-0.05, 0) is 38.5 Å². The topological polar surface area (TPSA) is 98.8 Å². The van der Waals surface area contributed by atoms with Crippen molar-refractivity contribution >= 4 is 21.9 Å². The third-order valence-electron chi connectivity index (χ3n) is 3.15. The lowest BCUT2D eigenvalue weighted by atomic mass is 10.1. The molecule has 1 aromatic carbocycles. The Morgan fingerprint density at radius 2 is 1.63 bits per heavy atom. The Balaban J connectivity index is 2.97. The minimum Gasteiger partial charge on any atom is -0.467 e. The summed E-state index contributed by atoms with van der Waals surface area (Å²) in [5, 5.41) is 2.31. The van der Waals surface area contributed by atoms with Gasteiger partial charge in [-0.15, -0.1) is 0 Å². The lowest BCUT2D eigenvalue weighted by molar-refractivity contribution is -0.143. The maximum absolute atomic E-state index is 12.5. The number of alkyl carbamates (subject to hydrolysis) is 1. The number of hydrogen-bond donors (Lipinski definition) is 1. The number of rotatable bonds is 5. The third kappa shape index (κ3) is 6.42. The number of hydrogen-bond acceptors (Lipinski definition) is 6. The quantitative estimate of drug-likeness (QED) is 0.748. The van der Waals surface area contributed by atoms with Gasteiger partial charge in [0.25, 0.3) is 9.84 Å². The number of sulfone groups is 1. The molecule has 1 N–H and O–H groups in total. The highest BCUT2D eigenvalue weighted by molar-refractivity contribution is 7.92. The van der Waals surface area contributed by atoms with Crippen molar-refractivity contribution in [3.05, 3.63) is 29.8 Å². The van der Waals surface area contributed by atoms with Crippen molar-refractivity contribution in [2.45, 2.75) is 49.2 Å². The Kier molecular flexibility index (Phi) is 6.87. The van der Waals surface area contributed by atoms with E-state index in [9.17, 15) is 31.2 Å². The summed E-state index contributed by atoms with van der Waals surface area (Å²) in [6.07, 6.45) is -1.02. The molecule has 0 saturated heterocycles. The van der Waals surface area contributed by atoms with E-state index in [4.69, 9.17) is 4.74 Å². The van der Waals surface area contributed by atoms with Crippen molar-refractivity contribution in [1.29, 1.82) is 0 Å². The predicted octanol–water partition coefficient (Wildman–Crippen LogP) is 2.59. The van der Waals surface area contributed by atoms with Crippen LogP contribution < -0.4 is 5.32 Å². The van der Waals surface area contributed by atoms with Crippen LogP contribution in [0.25, 0.3) is 0 Å². The lowest BCUT2D eigenvalue weighted by Crippen LogP contribution is -2.45. The first kappa shape index (κ1) is 22.7. The number of esters is 1. The first-order valence-corrected chi connectivity index (χ1v) is 9.13. The molecule has 0 radical (unpaired) electrons. The van der Waals surface area contributed by atoms with Crippen molar-refractivity contribution < 1.29 is 40.7 Å². The van der Waals surface area contributed by atoms with Crippen molar-refractivity contribution in [3.8, 4) is 0 Å². The predicted molar refractivity (Wildman–Crippen MR) is 88.6 cm³/mol. The number of ether oxygens (including phenoxy) is 2. The van der Waals surface area contributed by atoms with E-state index in [-0.39, 0.29) is 6.42 Å². The maximum atomic E-state index is 12.5. The van der Waals surface area contributed by atoms with E-state index in [0.717, 1.165) is 31.4 Å².